The molecule has 70 valence electrons. The van der Waals surface area contributed by atoms with Crippen LogP contribution >= 0.6 is 0 Å². The minimum Gasteiger partial charge on any atom is -0.481 e. The number of hydrogen-bond donors (Lipinski definition) is 2. The molecule has 1 fully saturated rings. The third-order valence-electron chi connectivity index (χ3n) is 2.54. The third-order valence-corrected chi connectivity index (χ3v) is 2.54. The Kier molecular flexibility index (Phi) is 2.39. The summed E-state index contributed by atoms with van der Waals surface area (Å²) >= 11 is 0. The first-order chi connectivity index (χ1) is 5.43. The highest BCUT2D eigenvalue weighted by molar-refractivity contribution is 5.72. The number of aliphatic hydroxyl groups is 1. The van der Waals surface area contributed by atoms with E-state index in [0.29, 0.717) is 13.0 Å². The second-order valence-corrected chi connectivity index (χ2v) is 3.76. The van der Waals surface area contributed by atoms with Gasteiger partial charge in [-0.05, 0) is 20.4 Å². The summed E-state index contributed by atoms with van der Waals surface area (Å²) in [7, 11) is 1.87. The van der Waals surface area contributed by atoms with Crippen LogP contribution in [0.5, 0.6) is 0 Å². The minimum absolute atomic E-state index is 0.433. The van der Waals surface area contributed by atoms with Crippen LogP contribution in [-0.2, 0) is 4.79 Å². The lowest BCUT2D eigenvalue weighted by molar-refractivity contribution is -0.156. The van der Waals surface area contributed by atoms with E-state index in [1.807, 2.05) is 11.9 Å². The molecule has 0 saturated carbocycles. The van der Waals surface area contributed by atoms with Gasteiger partial charge in [-0.1, -0.05) is 0 Å². The molecule has 1 heterocycles. The van der Waals surface area contributed by atoms with Gasteiger partial charge in [0.15, 0.2) is 0 Å². The molecule has 0 amide bonds. The largest absolute Gasteiger partial charge is 0.481 e. The average molecular weight is 173 g/mol. The molecule has 4 nitrogen and oxygen atoms in total. The molecule has 0 aromatic carbocycles. The Morgan fingerprint density at radius 2 is 2.25 bits per heavy atom. The molecule has 0 radical (unpaired) electrons. The number of piperidine rings is 1. The fraction of sp³-hybridized carbons (Fsp3) is 0.875. The van der Waals surface area contributed by atoms with Crippen LogP contribution in [0.4, 0.5) is 0 Å². The van der Waals surface area contributed by atoms with Crippen molar-refractivity contribution in [1.29, 1.82) is 0 Å². The van der Waals surface area contributed by atoms with Crippen molar-refractivity contribution >= 4 is 5.97 Å². The molecule has 2 unspecified atom stereocenters. The molecule has 0 aliphatic carbocycles. The lowest BCUT2D eigenvalue weighted by Crippen LogP contribution is -2.52. The maximum absolute atomic E-state index is 10.7. The Labute approximate surface area is 71.8 Å². The van der Waals surface area contributed by atoms with Gasteiger partial charge in [0.2, 0.25) is 0 Å². The smallest absolute Gasteiger partial charge is 0.310 e. The van der Waals surface area contributed by atoms with E-state index in [4.69, 9.17) is 5.11 Å². The molecule has 2 N–H and O–H groups in total. The standard InChI is InChI=1S/C8H15NO3/c1-8(12)3-4-9(2)5-6(8)7(10)11/h6,12H,3-5H2,1-2H3,(H,10,11). The highest BCUT2D eigenvalue weighted by atomic mass is 16.4. The molecule has 0 spiro atoms. The van der Waals surface area contributed by atoms with E-state index in [1.165, 1.54) is 0 Å². The number of nitrogens with zero attached hydrogens (tertiary/aromatic N) is 1. The molecule has 2 atom stereocenters. The second-order valence-electron chi connectivity index (χ2n) is 3.76. The molecule has 12 heavy (non-hydrogen) atoms. The molecule has 1 rings (SSSR count). The Hall–Kier alpha value is -0.610. The number of aliphatic carboxylic acids is 1. The lowest BCUT2D eigenvalue weighted by atomic mass is 9.83. The number of hydrogen-bond acceptors (Lipinski definition) is 3. The van der Waals surface area contributed by atoms with Crippen LogP contribution < -0.4 is 0 Å². The summed E-state index contributed by atoms with van der Waals surface area (Å²) in [4.78, 5) is 12.7. The van der Waals surface area contributed by atoms with Gasteiger partial charge in [0.05, 0.1) is 11.5 Å². The summed E-state index contributed by atoms with van der Waals surface area (Å²) < 4.78 is 0. The van der Waals surface area contributed by atoms with Crippen molar-refractivity contribution in [3.63, 3.8) is 0 Å². The predicted octanol–water partition coefficient (Wildman–Crippen LogP) is -0.226. The van der Waals surface area contributed by atoms with Crippen molar-refractivity contribution in [2.75, 3.05) is 20.1 Å². The van der Waals surface area contributed by atoms with E-state index in [9.17, 15) is 9.90 Å². The van der Waals surface area contributed by atoms with Crippen LogP contribution in [0.25, 0.3) is 0 Å². The first-order valence-electron chi connectivity index (χ1n) is 4.07. The normalized spacial score (nSPS) is 38.1. The number of rotatable bonds is 1. The van der Waals surface area contributed by atoms with E-state index < -0.39 is 17.5 Å². The first kappa shape index (κ1) is 9.48. The van der Waals surface area contributed by atoms with Gasteiger partial charge in [-0.2, -0.15) is 0 Å². The van der Waals surface area contributed by atoms with Gasteiger partial charge in [0.1, 0.15) is 0 Å². The van der Waals surface area contributed by atoms with Crippen LogP contribution in [0.1, 0.15) is 13.3 Å². The number of carboxylic acids is 1. The predicted molar refractivity (Wildman–Crippen MR) is 43.9 cm³/mol. The Bertz CT molecular complexity index is 191. The van der Waals surface area contributed by atoms with Gasteiger partial charge in [-0.3, -0.25) is 4.79 Å². The molecular formula is C8H15NO3. The van der Waals surface area contributed by atoms with Crippen molar-refractivity contribution < 1.29 is 15.0 Å². The van der Waals surface area contributed by atoms with E-state index in [-0.39, 0.29) is 0 Å². The van der Waals surface area contributed by atoms with Crippen molar-refractivity contribution in [3.8, 4) is 0 Å². The summed E-state index contributed by atoms with van der Waals surface area (Å²) in [5.41, 5.74) is -1.04. The molecule has 4 heteroatoms. The monoisotopic (exact) mass is 173 g/mol. The molecule has 0 aromatic heterocycles. The summed E-state index contributed by atoms with van der Waals surface area (Å²) in [6, 6.07) is 0. The zero-order chi connectivity index (χ0) is 9.35. The highest BCUT2D eigenvalue weighted by Crippen LogP contribution is 2.26. The van der Waals surface area contributed by atoms with Crippen LogP contribution in [0.2, 0.25) is 0 Å². The molecule has 1 saturated heterocycles. The van der Waals surface area contributed by atoms with Gasteiger partial charge in [-0.15, -0.1) is 0 Å². The lowest BCUT2D eigenvalue weighted by Gasteiger charge is -2.38. The number of likely N-dealkylation sites (tertiary alicyclic amines) is 1. The molecule has 0 bridgehead atoms. The summed E-state index contributed by atoms with van der Waals surface area (Å²) in [5, 5.41) is 18.5. The van der Waals surface area contributed by atoms with Gasteiger partial charge in [-0.25, -0.2) is 0 Å². The maximum atomic E-state index is 10.7. The minimum atomic E-state index is -1.04. The quantitative estimate of drug-likeness (QED) is 0.575. The Balaban J connectivity index is 2.72. The Morgan fingerprint density at radius 1 is 1.67 bits per heavy atom. The second kappa shape index (κ2) is 3.03. The van der Waals surface area contributed by atoms with E-state index in [1.54, 1.807) is 6.92 Å². The zero-order valence-electron chi connectivity index (χ0n) is 7.45. The topological polar surface area (TPSA) is 60.8 Å². The van der Waals surface area contributed by atoms with Gasteiger partial charge >= 0.3 is 5.97 Å². The van der Waals surface area contributed by atoms with Crippen LogP contribution in [0, 0.1) is 5.92 Å². The summed E-state index contributed by atoms with van der Waals surface area (Å²) in [6.45, 7) is 2.79. The number of carboxylic acid groups (broad SMARTS) is 1. The molecule has 1 aliphatic rings. The van der Waals surface area contributed by atoms with Gasteiger partial charge < -0.3 is 15.1 Å². The fourth-order valence-corrected chi connectivity index (χ4v) is 1.54. The van der Waals surface area contributed by atoms with Crippen LogP contribution in [0.15, 0.2) is 0 Å². The molecule has 0 aromatic rings. The third kappa shape index (κ3) is 1.76. The molecular weight excluding hydrogens is 158 g/mol. The van der Waals surface area contributed by atoms with Crippen LogP contribution in [-0.4, -0.2) is 46.8 Å². The average Bonchev–Trinajstić information content (AvgIpc) is 1.94. The van der Waals surface area contributed by atoms with Gasteiger partial charge in [0, 0.05) is 13.1 Å². The SMILES string of the molecule is CN1CCC(C)(O)C(C(=O)O)C1. The van der Waals surface area contributed by atoms with E-state index >= 15 is 0 Å². The summed E-state index contributed by atoms with van der Waals surface area (Å²) in [6.07, 6.45) is 0.528. The van der Waals surface area contributed by atoms with Crippen molar-refractivity contribution in [3.05, 3.63) is 0 Å². The van der Waals surface area contributed by atoms with Crippen molar-refractivity contribution in [2.24, 2.45) is 5.92 Å². The van der Waals surface area contributed by atoms with Crippen LogP contribution in [0.3, 0.4) is 0 Å². The van der Waals surface area contributed by atoms with Gasteiger partial charge in [0.25, 0.3) is 0 Å². The zero-order valence-corrected chi connectivity index (χ0v) is 7.45. The summed E-state index contributed by atoms with van der Waals surface area (Å²) in [5.74, 6) is -1.57. The van der Waals surface area contributed by atoms with Crippen molar-refractivity contribution in [1.82, 2.24) is 4.90 Å². The van der Waals surface area contributed by atoms with Crippen molar-refractivity contribution in [2.45, 2.75) is 18.9 Å². The fourth-order valence-electron chi connectivity index (χ4n) is 1.54. The molecule has 1 aliphatic heterocycles. The first-order valence-corrected chi connectivity index (χ1v) is 4.07. The van der Waals surface area contributed by atoms with E-state index in [2.05, 4.69) is 0 Å². The highest BCUT2D eigenvalue weighted by Gasteiger charge is 2.41. The Morgan fingerprint density at radius 3 is 2.67 bits per heavy atom. The maximum Gasteiger partial charge on any atom is 0.310 e. The van der Waals surface area contributed by atoms with E-state index in [0.717, 1.165) is 6.54 Å². The number of carbonyl (C=O) groups is 1.